The van der Waals surface area contributed by atoms with Gasteiger partial charge in [0.1, 0.15) is 5.82 Å². The van der Waals surface area contributed by atoms with Gasteiger partial charge in [-0.2, -0.15) is 5.10 Å². The summed E-state index contributed by atoms with van der Waals surface area (Å²) in [5.41, 5.74) is 1.96. The first kappa shape index (κ1) is 11.2. The Balaban J connectivity index is 2.13. The van der Waals surface area contributed by atoms with Gasteiger partial charge >= 0.3 is 0 Å². The highest BCUT2D eigenvalue weighted by Gasteiger charge is 2.21. The molecule has 4 nitrogen and oxygen atoms in total. The van der Waals surface area contributed by atoms with E-state index < -0.39 is 5.50 Å². The molecule has 3 rings (SSSR count). The Bertz CT molecular complexity index is 635. The highest BCUT2D eigenvalue weighted by atomic mass is 35.5. The van der Waals surface area contributed by atoms with Crippen LogP contribution in [-0.2, 0) is 7.05 Å². The number of rotatable bonds is 1. The number of aliphatic imine (C=N–C) groups is 1. The zero-order valence-corrected chi connectivity index (χ0v) is 10.3. The van der Waals surface area contributed by atoms with E-state index in [1.165, 1.54) is 12.4 Å². The maximum atomic E-state index is 14.0. The topological polar surface area (TPSA) is 42.2 Å². The lowest BCUT2D eigenvalue weighted by atomic mass is 10.0. The average molecular weight is 265 g/mol. The number of nitrogens with zero attached hydrogens (tertiary/aromatic N) is 3. The van der Waals surface area contributed by atoms with Crippen LogP contribution in [0.4, 0.5) is 10.1 Å². The smallest absolute Gasteiger partial charge is 0.155 e. The van der Waals surface area contributed by atoms with Crippen LogP contribution in [-0.4, -0.2) is 16.1 Å². The second-order valence-corrected chi connectivity index (χ2v) is 4.49. The molecular formula is C12H10ClFN4. The molecule has 2 heterocycles. The van der Waals surface area contributed by atoms with Crippen molar-refractivity contribution in [2.75, 3.05) is 5.32 Å². The fourth-order valence-corrected chi connectivity index (χ4v) is 2.24. The van der Waals surface area contributed by atoms with Gasteiger partial charge in [-0.25, -0.2) is 4.39 Å². The summed E-state index contributed by atoms with van der Waals surface area (Å²) in [4.78, 5) is 3.91. The van der Waals surface area contributed by atoms with E-state index in [1.807, 2.05) is 19.3 Å². The predicted molar refractivity (Wildman–Crippen MR) is 69.3 cm³/mol. The van der Waals surface area contributed by atoms with Gasteiger partial charge < -0.3 is 5.32 Å². The van der Waals surface area contributed by atoms with Crippen LogP contribution in [0.5, 0.6) is 0 Å². The van der Waals surface area contributed by atoms with E-state index in [-0.39, 0.29) is 5.82 Å². The minimum Gasteiger partial charge on any atom is -0.346 e. The van der Waals surface area contributed by atoms with Gasteiger partial charge in [0.2, 0.25) is 0 Å². The summed E-state index contributed by atoms with van der Waals surface area (Å²) >= 11 is 5.96. The lowest BCUT2D eigenvalue weighted by molar-refractivity contribution is 0.609. The summed E-state index contributed by atoms with van der Waals surface area (Å²) in [5, 5.41) is 6.98. The van der Waals surface area contributed by atoms with Crippen LogP contribution in [0.15, 0.2) is 29.5 Å². The Labute approximate surface area is 108 Å². The van der Waals surface area contributed by atoms with Gasteiger partial charge in [0, 0.05) is 24.5 Å². The molecule has 0 radical (unpaired) electrons. The molecule has 1 N–H and O–H groups in total. The molecule has 92 valence electrons. The van der Waals surface area contributed by atoms with Crippen molar-refractivity contribution < 1.29 is 4.39 Å². The molecule has 0 saturated carbocycles. The van der Waals surface area contributed by atoms with Crippen molar-refractivity contribution in [2.45, 2.75) is 5.50 Å². The molecule has 1 aromatic carbocycles. The van der Waals surface area contributed by atoms with Crippen molar-refractivity contribution in [3.8, 4) is 11.1 Å². The molecule has 1 atom stereocenters. The van der Waals surface area contributed by atoms with Gasteiger partial charge in [0.25, 0.3) is 0 Å². The number of anilines is 1. The summed E-state index contributed by atoms with van der Waals surface area (Å²) in [5.74, 6) is -0.365. The molecule has 1 aliphatic heterocycles. The number of alkyl halides is 1. The summed E-state index contributed by atoms with van der Waals surface area (Å²) in [6, 6.07) is 3.30. The number of hydrogen-bond acceptors (Lipinski definition) is 3. The zero-order valence-electron chi connectivity index (χ0n) is 9.56. The second-order valence-electron chi connectivity index (χ2n) is 4.08. The first-order valence-corrected chi connectivity index (χ1v) is 5.83. The summed E-state index contributed by atoms with van der Waals surface area (Å²) < 4.78 is 15.7. The van der Waals surface area contributed by atoms with Gasteiger partial charge in [0.05, 0.1) is 18.1 Å². The highest BCUT2D eigenvalue weighted by Crippen LogP contribution is 2.36. The molecule has 0 fully saturated rings. The number of benzene rings is 1. The van der Waals surface area contributed by atoms with Crippen LogP contribution in [0.25, 0.3) is 11.1 Å². The fourth-order valence-electron chi connectivity index (χ4n) is 1.96. The maximum Gasteiger partial charge on any atom is 0.155 e. The number of nitrogens with one attached hydrogen (secondary N) is 1. The van der Waals surface area contributed by atoms with Crippen molar-refractivity contribution >= 4 is 23.6 Å². The zero-order chi connectivity index (χ0) is 12.7. The minimum absolute atomic E-state index is 0.365. The van der Waals surface area contributed by atoms with Crippen molar-refractivity contribution in [1.29, 1.82) is 0 Å². The maximum absolute atomic E-state index is 14.0. The van der Waals surface area contributed by atoms with Crippen molar-refractivity contribution in [2.24, 2.45) is 12.0 Å². The van der Waals surface area contributed by atoms with Crippen LogP contribution in [0.3, 0.4) is 0 Å². The highest BCUT2D eigenvalue weighted by molar-refractivity contribution is 6.22. The number of aryl methyl sites for hydroxylation is 1. The minimum atomic E-state index is -0.677. The lowest BCUT2D eigenvalue weighted by Crippen LogP contribution is -2.09. The van der Waals surface area contributed by atoms with Gasteiger partial charge in [-0.05, 0) is 17.7 Å². The fraction of sp³-hybridized carbons (Fsp3) is 0.167. The number of fused-ring (bicyclic) bond motifs is 1. The third-order valence-electron chi connectivity index (χ3n) is 2.83. The molecule has 0 saturated heterocycles. The van der Waals surface area contributed by atoms with Gasteiger partial charge in [-0.1, -0.05) is 11.6 Å². The molecule has 0 aliphatic carbocycles. The van der Waals surface area contributed by atoms with Crippen molar-refractivity contribution in [3.63, 3.8) is 0 Å². The second kappa shape index (κ2) is 4.10. The molecule has 6 heteroatoms. The third-order valence-corrected chi connectivity index (χ3v) is 3.16. The first-order chi connectivity index (χ1) is 8.65. The lowest BCUT2D eigenvalue weighted by Gasteiger charge is -2.18. The number of aromatic nitrogens is 2. The normalized spacial score (nSPS) is 17.4. The van der Waals surface area contributed by atoms with Gasteiger partial charge in [-0.15, -0.1) is 0 Å². The molecule has 1 aliphatic rings. The Morgan fingerprint density at radius 2 is 2.22 bits per heavy atom. The van der Waals surface area contributed by atoms with E-state index in [9.17, 15) is 4.39 Å². The van der Waals surface area contributed by atoms with Gasteiger partial charge in [-0.3, -0.25) is 9.67 Å². The van der Waals surface area contributed by atoms with Crippen LogP contribution in [0.2, 0.25) is 0 Å². The van der Waals surface area contributed by atoms with Crippen LogP contribution < -0.4 is 5.32 Å². The van der Waals surface area contributed by atoms with E-state index in [4.69, 9.17) is 11.6 Å². The van der Waals surface area contributed by atoms with E-state index >= 15 is 0 Å². The monoisotopic (exact) mass is 264 g/mol. The third kappa shape index (κ3) is 1.76. The molecular weight excluding hydrogens is 255 g/mol. The Kier molecular flexibility index (Phi) is 2.56. The summed E-state index contributed by atoms with van der Waals surface area (Å²) in [7, 11) is 1.82. The first-order valence-electron chi connectivity index (χ1n) is 5.40. The van der Waals surface area contributed by atoms with Crippen LogP contribution >= 0.6 is 11.6 Å². The Morgan fingerprint density at radius 3 is 2.94 bits per heavy atom. The Hall–Kier alpha value is -1.88. The van der Waals surface area contributed by atoms with Crippen LogP contribution in [0, 0.1) is 5.82 Å². The average Bonchev–Trinajstić information content (AvgIpc) is 2.75. The largest absolute Gasteiger partial charge is 0.346 e. The number of halogens is 2. The summed E-state index contributed by atoms with van der Waals surface area (Å²) in [6.45, 7) is 0. The molecule has 0 amide bonds. The van der Waals surface area contributed by atoms with Crippen molar-refractivity contribution in [3.05, 3.63) is 35.9 Å². The SMILES string of the molecule is Cn1cc(-c2cc(F)c3c(c2)NC=NC3Cl)cn1. The quantitative estimate of drug-likeness (QED) is 0.636. The predicted octanol–water partition coefficient (Wildman–Crippen LogP) is 2.92. The molecule has 1 aromatic heterocycles. The van der Waals surface area contributed by atoms with E-state index in [0.717, 1.165) is 11.1 Å². The van der Waals surface area contributed by atoms with Crippen LogP contribution in [0.1, 0.15) is 11.1 Å². The molecule has 2 aromatic rings. The molecule has 0 spiro atoms. The Morgan fingerprint density at radius 1 is 1.39 bits per heavy atom. The standard InChI is InChI=1S/C12H10ClFN4/c1-18-5-8(4-17-18)7-2-9(14)11-10(3-7)15-6-16-12(11)13/h2-6,12H,1H3,(H,15,16). The van der Waals surface area contributed by atoms with Crippen molar-refractivity contribution in [1.82, 2.24) is 9.78 Å². The van der Waals surface area contributed by atoms with E-state index in [0.29, 0.717) is 11.3 Å². The molecule has 18 heavy (non-hydrogen) atoms. The van der Waals surface area contributed by atoms with E-state index in [1.54, 1.807) is 10.9 Å². The number of hydrogen-bond donors (Lipinski definition) is 1. The van der Waals surface area contributed by atoms with E-state index in [2.05, 4.69) is 15.4 Å². The molecule has 0 bridgehead atoms. The summed E-state index contributed by atoms with van der Waals surface area (Å²) in [6.07, 6.45) is 5.00. The van der Waals surface area contributed by atoms with Gasteiger partial charge in [0.15, 0.2) is 5.50 Å². The molecule has 1 unspecified atom stereocenters.